The Morgan fingerprint density at radius 3 is 2.38 bits per heavy atom. The van der Waals surface area contributed by atoms with Gasteiger partial charge in [-0.15, -0.1) is 0 Å². The number of Topliss-reactive ketones (excluding diaryl/α,β-unsaturated/α-hetero) is 1. The molecule has 0 radical (unpaired) electrons. The predicted octanol–water partition coefficient (Wildman–Crippen LogP) is 4.96. The van der Waals surface area contributed by atoms with E-state index in [2.05, 4.69) is 71.2 Å². The van der Waals surface area contributed by atoms with Gasteiger partial charge in [0, 0.05) is 17.7 Å². The molecule has 0 spiro atoms. The van der Waals surface area contributed by atoms with Crippen LogP contribution in [0.5, 0.6) is 0 Å². The third kappa shape index (κ3) is 3.20. The number of allylic oxidation sites excluding steroid dienone is 1. The van der Waals surface area contributed by atoms with Gasteiger partial charge in [-0.2, -0.15) is 0 Å². The minimum atomic E-state index is -0.306. The van der Waals surface area contributed by atoms with Crippen molar-refractivity contribution in [2.24, 2.45) is 5.41 Å². The number of carbonyl (C=O) groups is 1. The van der Waals surface area contributed by atoms with Gasteiger partial charge in [-0.3, -0.25) is 4.79 Å². The molecule has 146 valence electrons. The van der Waals surface area contributed by atoms with Crippen LogP contribution in [0.3, 0.4) is 0 Å². The Morgan fingerprint density at radius 2 is 1.62 bits per heavy atom. The first-order valence-electron chi connectivity index (χ1n) is 9.78. The van der Waals surface area contributed by atoms with E-state index in [-0.39, 0.29) is 17.2 Å². The molecule has 0 fully saturated rings. The van der Waals surface area contributed by atoms with Gasteiger partial charge in [0.15, 0.2) is 5.78 Å². The molecule has 2 heterocycles. The van der Waals surface area contributed by atoms with Gasteiger partial charge >= 0.3 is 0 Å². The van der Waals surface area contributed by atoms with Gasteiger partial charge in [0.05, 0.1) is 6.04 Å². The molecule has 1 aliphatic carbocycles. The number of anilines is 2. The highest BCUT2D eigenvalue weighted by Gasteiger charge is 2.39. The Morgan fingerprint density at radius 1 is 0.931 bits per heavy atom. The largest absolute Gasteiger partial charge is 0.353 e. The van der Waals surface area contributed by atoms with Crippen LogP contribution in [0.25, 0.3) is 11.1 Å². The average Bonchev–Trinajstić information content (AvgIpc) is 3.07. The molecule has 2 aliphatic rings. The molecular weight excluding hydrogens is 364 g/mol. The number of hydrogen-bond donors (Lipinski definition) is 2. The van der Waals surface area contributed by atoms with Crippen LogP contribution in [-0.4, -0.2) is 16.1 Å². The first-order chi connectivity index (χ1) is 14.0. The van der Waals surface area contributed by atoms with E-state index in [0.717, 1.165) is 34.4 Å². The van der Waals surface area contributed by atoms with E-state index in [1.54, 1.807) is 0 Å². The Kier molecular flexibility index (Phi) is 4.01. The van der Waals surface area contributed by atoms with E-state index in [9.17, 15) is 4.79 Å². The molecule has 0 saturated heterocycles. The van der Waals surface area contributed by atoms with Crippen molar-refractivity contribution in [2.45, 2.75) is 32.7 Å². The SMILES string of the molecule is CC1(C)CC(=O)C2=C(C1)Nc1nonc1NC2c1ccc(-c2ccccc2)cc1. The molecule has 2 aromatic carbocycles. The monoisotopic (exact) mass is 386 g/mol. The van der Waals surface area contributed by atoms with Crippen LogP contribution in [0.2, 0.25) is 0 Å². The Balaban J connectivity index is 1.58. The summed E-state index contributed by atoms with van der Waals surface area (Å²) in [7, 11) is 0. The maximum atomic E-state index is 13.1. The summed E-state index contributed by atoms with van der Waals surface area (Å²) in [6, 6.07) is 18.2. The standard InChI is InChI=1S/C23H22N4O2/c1-23(2)12-17-19(18(28)13-23)20(25-22-21(24-17)26-29-27-22)16-10-8-15(9-11-16)14-6-4-3-5-7-14/h3-11,20H,12-13H2,1-2H3,(H,24,26)(H,25,27). The van der Waals surface area contributed by atoms with Crippen LogP contribution in [0.15, 0.2) is 70.5 Å². The number of benzene rings is 2. The molecule has 5 rings (SSSR count). The fourth-order valence-corrected chi connectivity index (χ4v) is 4.25. The van der Waals surface area contributed by atoms with Crippen LogP contribution < -0.4 is 10.6 Å². The van der Waals surface area contributed by atoms with Crippen molar-refractivity contribution in [1.82, 2.24) is 10.3 Å². The minimum absolute atomic E-state index is 0.105. The van der Waals surface area contributed by atoms with Gasteiger partial charge < -0.3 is 10.6 Å². The first-order valence-corrected chi connectivity index (χ1v) is 9.78. The van der Waals surface area contributed by atoms with Crippen molar-refractivity contribution in [3.8, 4) is 11.1 Å². The van der Waals surface area contributed by atoms with Crippen molar-refractivity contribution >= 4 is 17.4 Å². The smallest absolute Gasteiger partial charge is 0.219 e. The Labute approximate surface area is 169 Å². The second kappa shape index (κ2) is 6.58. The van der Waals surface area contributed by atoms with E-state index in [1.807, 2.05) is 18.2 Å². The molecule has 6 nitrogen and oxygen atoms in total. The van der Waals surface area contributed by atoms with Crippen LogP contribution >= 0.6 is 0 Å². The molecule has 3 aromatic rings. The summed E-state index contributed by atoms with van der Waals surface area (Å²) in [4.78, 5) is 13.1. The number of hydrogen-bond acceptors (Lipinski definition) is 6. The number of nitrogens with zero attached hydrogens (tertiary/aromatic N) is 2. The topological polar surface area (TPSA) is 80.1 Å². The Hall–Kier alpha value is -3.41. The zero-order valence-electron chi connectivity index (χ0n) is 16.4. The molecule has 1 aromatic heterocycles. The van der Waals surface area contributed by atoms with Crippen molar-refractivity contribution in [1.29, 1.82) is 0 Å². The number of rotatable bonds is 2. The molecule has 0 bridgehead atoms. The van der Waals surface area contributed by atoms with Gasteiger partial charge in [-0.1, -0.05) is 68.4 Å². The maximum Gasteiger partial charge on any atom is 0.219 e. The lowest BCUT2D eigenvalue weighted by Gasteiger charge is -2.34. The van der Waals surface area contributed by atoms with E-state index in [0.29, 0.717) is 18.1 Å². The zero-order chi connectivity index (χ0) is 20.0. The zero-order valence-corrected chi connectivity index (χ0v) is 16.4. The van der Waals surface area contributed by atoms with E-state index < -0.39 is 0 Å². The van der Waals surface area contributed by atoms with Gasteiger partial charge in [0.25, 0.3) is 0 Å². The average molecular weight is 386 g/mol. The number of ketones is 1. The van der Waals surface area contributed by atoms with Gasteiger partial charge in [-0.05, 0) is 38.8 Å². The molecular formula is C23H22N4O2. The summed E-state index contributed by atoms with van der Waals surface area (Å²) >= 11 is 0. The number of fused-ring (bicyclic) bond motifs is 1. The van der Waals surface area contributed by atoms with Crippen LogP contribution in [0.1, 0.15) is 38.3 Å². The van der Waals surface area contributed by atoms with Crippen LogP contribution in [-0.2, 0) is 4.79 Å². The normalized spacial score (nSPS) is 20.2. The molecule has 1 atom stereocenters. The fraction of sp³-hybridized carbons (Fsp3) is 0.261. The summed E-state index contributed by atoms with van der Waals surface area (Å²) in [5, 5.41) is 14.6. The lowest BCUT2D eigenvalue weighted by Crippen LogP contribution is -2.31. The van der Waals surface area contributed by atoms with Crippen molar-refractivity contribution < 1.29 is 9.42 Å². The van der Waals surface area contributed by atoms with E-state index in [1.165, 1.54) is 0 Å². The second-order valence-corrected chi connectivity index (χ2v) is 8.48. The number of nitrogens with one attached hydrogen (secondary N) is 2. The molecule has 6 heteroatoms. The molecule has 1 unspecified atom stereocenters. The maximum absolute atomic E-state index is 13.1. The molecule has 29 heavy (non-hydrogen) atoms. The van der Waals surface area contributed by atoms with Gasteiger partial charge in [0.2, 0.25) is 11.6 Å². The molecule has 1 aliphatic heterocycles. The summed E-state index contributed by atoms with van der Waals surface area (Å²) in [5.74, 6) is 1.18. The van der Waals surface area contributed by atoms with Crippen LogP contribution in [0.4, 0.5) is 11.6 Å². The van der Waals surface area contributed by atoms with Gasteiger partial charge in [-0.25, -0.2) is 4.63 Å². The first kappa shape index (κ1) is 17.7. The van der Waals surface area contributed by atoms with Crippen molar-refractivity contribution in [3.63, 3.8) is 0 Å². The highest BCUT2D eigenvalue weighted by Crippen LogP contribution is 2.44. The van der Waals surface area contributed by atoms with E-state index >= 15 is 0 Å². The summed E-state index contributed by atoms with van der Waals surface area (Å²) in [6.07, 6.45) is 1.28. The minimum Gasteiger partial charge on any atom is -0.353 e. The molecule has 0 amide bonds. The highest BCUT2D eigenvalue weighted by atomic mass is 16.6. The van der Waals surface area contributed by atoms with Gasteiger partial charge in [0.1, 0.15) is 0 Å². The second-order valence-electron chi connectivity index (χ2n) is 8.48. The molecule has 0 saturated carbocycles. The van der Waals surface area contributed by atoms with Crippen LogP contribution in [0, 0.1) is 5.41 Å². The van der Waals surface area contributed by atoms with Crippen molar-refractivity contribution in [3.05, 3.63) is 71.4 Å². The summed E-state index contributed by atoms with van der Waals surface area (Å²) in [5.41, 5.74) is 4.85. The quantitative estimate of drug-likeness (QED) is 0.648. The fourth-order valence-electron chi connectivity index (χ4n) is 4.25. The lowest BCUT2D eigenvalue weighted by molar-refractivity contribution is -0.118. The van der Waals surface area contributed by atoms with Crippen molar-refractivity contribution in [2.75, 3.05) is 10.6 Å². The summed E-state index contributed by atoms with van der Waals surface area (Å²) in [6.45, 7) is 4.22. The van der Waals surface area contributed by atoms with E-state index in [4.69, 9.17) is 4.63 Å². The lowest BCUT2D eigenvalue weighted by atomic mass is 9.73. The highest BCUT2D eigenvalue weighted by molar-refractivity contribution is 6.00. The third-order valence-corrected chi connectivity index (χ3v) is 5.60. The number of aromatic nitrogens is 2. The predicted molar refractivity (Wildman–Crippen MR) is 111 cm³/mol. The number of carbonyl (C=O) groups excluding carboxylic acids is 1. The third-order valence-electron chi connectivity index (χ3n) is 5.60. The molecule has 2 N–H and O–H groups in total. The Bertz CT molecular complexity index is 1100. The summed E-state index contributed by atoms with van der Waals surface area (Å²) < 4.78 is 4.91.